The zero-order valence-electron chi connectivity index (χ0n) is 6.30. The van der Waals surface area contributed by atoms with Crippen molar-refractivity contribution in [2.45, 2.75) is 0 Å². The molecule has 9 heavy (non-hydrogen) atoms. The minimum absolute atomic E-state index is 0. The molecule has 4 radical (unpaired) electrons. The topological polar surface area (TPSA) is 23.6 Å². The van der Waals surface area contributed by atoms with E-state index in [1.54, 1.807) is 28.2 Å². The molecule has 0 rings (SSSR count). The van der Waals surface area contributed by atoms with Gasteiger partial charge in [0.1, 0.15) is 0 Å². The Morgan fingerprint density at radius 2 is 1.22 bits per heavy atom. The number of hydrogen-bond donors (Lipinski definition) is 0. The predicted octanol–water partition coefficient (Wildman–Crippen LogP) is -0.151. The Bertz CT molecular complexity index is 83.0. The Kier molecular flexibility index (Phi) is 6.44. The molecule has 0 aliphatic rings. The smallest absolute Gasteiger partial charge is 0.318 e. The van der Waals surface area contributed by atoms with Crippen molar-refractivity contribution in [1.82, 2.24) is 9.80 Å². The molecule has 0 aliphatic heterocycles. The summed E-state index contributed by atoms with van der Waals surface area (Å²) in [7, 11) is 6.90. The van der Waals surface area contributed by atoms with Gasteiger partial charge in [-0.1, -0.05) is 0 Å². The largest absolute Gasteiger partial charge is 0.331 e. The summed E-state index contributed by atoms with van der Waals surface area (Å²) in [5, 5.41) is 0. The summed E-state index contributed by atoms with van der Waals surface area (Å²) in [4.78, 5) is 13.8. The fraction of sp³-hybridized carbons (Fsp3) is 0.800. The Labute approximate surface area is 73.0 Å². The van der Waals surface area contributed by atoms with Crippen molar-refractivity contribution >= 4 is 29.9 Å². The van der Waals surface area contributed by atoms with E-state index in [0.717, 1.165) is 0 Å². The second-order valence-corrected chi connectivity index (χ2v) is 2.07. The van der Waals surface area contributed by atoms with Crippen molar-refractivity contribution in [3.63, 3.8) is 0 Å². The van der Waals surface area contributed by atoms with Crippen molar-refractivity contribution in [2.75, 3.05) is 28.2 Å². The summed E-state index contributed by atoms with van der Waals surface area (Å²) in [6.45, 7) is 0. The molecular formula is C5H12N2OSn. The molecule has 3 nitrogen and oxygen atoms in total. The van der Waals surface area contributed by atoms with E-state index in [0.29, 0.717) is 0 Å². The minimum atomic E-state index is 0. The molecule has 0 aromatic carbocycles. The molecule has 4 heteroatoms. The summed E-state index contributed by atoms with van der Waals surface area (Å²) < 4.78 is 0. The van der Waals surface area contributed by atoms with Crippen LogP contribution in [0.15, 0.2) is 0 Å². The van der Waals surface area contributed by atoms with Gasteiger partial charge in [-0.2, -0.15) is 0 Å². The Morgan fingerprint density at radius 1 is 1.00 bits per heavy atom. The summed E-state index contributed by atoms with van der Waals surface area (Å²) in [6, 6.07) is 0.0185. The van der Waals surface area contributed by atoms with Crippen LogP contribution in [0.1, 0.15) is 0 Å². The average Bonchev–Trinajstić information content (AvgIpc) is 1.64. The number of rotatable bonds is 0. The van der Waals surface area contributed by atoms with Gasteiger partial charge in [0.05, 0.1) is 0 Å². The van der Waals surface area contributed by atoms with Gasteiger partial charge in [0.2, 0.25) is 0 Å². The maximum atomic E-state index is 10.7. The molecule has 0 N–H and O–H groups in total. The van der Waals surface area contributed by atoms with E-state index in [1.807, 2.05) is 0 Å². The van der Waals surface area contributed by atoms with Crippen LogP contribution >= 0.6 is 0 Å². The van der Waals surface area contributed by atoms with Gasteiger partial charge in [-0.25, -0.2) is 4.79 Å². The van der Waals surface area contributed by atoms with Gasteiger partial charge in [-0.15, -0.1) is 0 Å². The zero-order chi connectivity index (χ0) is 6.73. The van der Waals surface area contributed by atoms with Crippen molar-refractivity contribution in [3.8, 4) is 0 Å². The first-order valence-electron chi connectivity index (χ1n) is 2.44. The van der Waals surface area contributed by atoms with E-state index in [-0.39, 0.29) is 29.9 Å². The molecule has 0 fully saturated rings. The standard InChI is InChI=1S/C5H12N2O.Sn/c1-6(2)5(8)7(3)4;/h1-4H3;. The molecule has 0 spiro atoms. The number of carbonyl (C=O) groups is 1. The molecule has 0 heterocycles. The number of carbonyl (C=O) groups excluding carboxylic acids is 1. The summed E-state index contributed by atoms with van der Waals surface area (Å²) in [5.74, 6) is 0. The Balaban J connectivity index is 0. The minimum Gasteiger partial charge on any atom is -0.331 e. The first-order chi connectivity index (χ1) is 3.55. The second kappa shape index (κ2) is 4.90. The third kappa shape index (κ3) is 4.56. The molecule has 0 atom stereocenters. The molecule has 2 amide bonds. The molecule has 0 saturated heterocycles. The van der Waals surface area contributed by atoms with Crippen LogP contribution < -0.4 is 0 Å². The van der Waals surface area contributed by atoms with Crippen molar-refractivity contribution < 1.29 is 4.79 Å². The molecule has 0 saturated carbocycles. The van der Waals surface area contributed by atoms with Crippen LogP contribution in [-0.4, -0.2) is 67.9 Å². The number of nitrogens with zero attached hydrogens (tertiary/aromatic N) is 2. The first kappa shape index (κ1) is 11.8. The molecule has 0 aromatic rings. The predicted molar refractivity (Wildman–Crippen MR) is 38.5 cm³/mol. The van der Waals surface area contributed by atoms with Gasteiger partial charge >= 0.3 is 6.03 Å². The van der Waals surface area contributed by atoms with E-state index in [9.17, 15) is 4.79 Å². The van der Waals surface area contributed by atoms with E-state index >= 15 is 0 Å². The fourth-order valence-electron chi connectivity index (χ4n) is 0.400. The maximum absolute atomic E-state index is 10.7. The van der Waals surface area contributed by atoms with E-state index in [4.69, 9.17) is 0 Å². The Hall–Kier alpha value is 0.0687. The van der Waals surface area contributed by atoms with Crippen LogP contribution in [0.25, 0.3) is 0 Å². The molecular weight excluding hydrogens is 223 g/mol. The quantitative estimate of drug-likeness (QED) is 0.535. The summed E-state index contributed by atoms with van der Waals surface area (Å²) in [5.41, 5.74) is 0. The van der Waals surface area contributed by atoms with Crippen molar-refractivity contribution in [3.05, 3.63) is 0 Å². The van der Waals surface area contributed by atoms with Crippen LogP contribution in [0.4, 0.5) is 4.79 Å². The van der Waals surface area contributed by atoms with Crippen LogP contribution in [0.5, 0.6) is 0 Å². The number of urea groups is 1. The maximum Gasteiger partial charge on any atom is 0.318 e. The van der Waals surface area contributed by atoms with Crippen LogP contribution in [0.2, 0.25) is 0 Å². The van der Waals surface area contributed by atoms with Gasteiger partial charge in [0, 0.05) is 52.1 Å². The monoisotopic (exact) mass is 236 g/mol. The van der Waals surface area contributed by atoms with Crippen LogP contribution in [0.3, 0.4) is 0 Å². The van der Waals surface area contributed by atoms with Gasteiger partial charge in [0.15, 0.2) is 0 Å². The van der Waals surface area contributed by atoms with Crippen molar-refractivity contribution in [1.29, 1.82) is 0 Å². The third-order valence-electron chi connectivity index (χ3n) is 0.765. The normalized spacial score (nSPS) is 7.56. The number of hydrogen-bond acceptors (Lipinski definition) is 1. The first-order valence-corrected chi connectivity index (χ1v) is 2.44. The fourth-order valence-corrected chi connectivity index (χ4v) is 0.400. The van der Waals surface area contributed by atoms with Gasteiger partial charge in [-0.3, -0.25) is 0 Å². The number of amides is 2. The average molecular weight is 235 g/mol. The van der Waals surface area contributed by atoms with E-state index in [2.05, 4.69) is 0 Å². The van der Waals surface area contributed by atoms with Crippen LogP contribution in [-0.2, 0) is 0 Å². The van der Waals surface area contributed by atoms with Gasteiger partial charge < -0.3 is 9.80 Å². The molecule has 0 aromatic heterocycles. The summed E-state index contributed by atoms with van der Waals surface area (Å²) in [6.07, 6.45) is 0. The van der Waals surface area contributed by atoms with E-state index < -0.39 is 0 Å². The Morgan fingerprint density at radius 3 is 1.22 bits per heavy atom. The molecule has 0 unspecified atom stereocenters. The van der Waals surface area contributed by atoms with Crippen LogP contribution in [0, 0.1) is 0 Å². The second-order valence-electron chi connectivity index (χ2n) is 2.07. The van der Waals surface area contributed by atoms with Gasteiger partial charge in [0.25, 0.3) is 0 Å². The molecule has 0 aliphatic carbocycles. The molecule has 0 bridgehead atoms. The zero-order valence-corrected chi connectivity index (χ0v) is 9.16. The SMILES string of the molecule is CN(C)C(=O)N(C)C.[Sn]. The third-order valence-corrected chi connectivity index (χ3v) is 0.765. The molecule has 52 valence electrons. The van der Waals surface area contributed by atoms with Crippen molar-refractivity contribution in [2.24, 2.45) is 0 Å². The summed E-state index contributed by atoms with van der Waals surface area (Å²) >= 11 is 0. The van der Waals surface area contributed by atoms with E-state index in [1.165, 1.54) is 9.80 Å². The van der Waals surface area contributed by atoms with Gasteiger partial charge in [-0.05, 0) is 0 Å².